The summed E-state index contributed by atoms with van der Waals surface area (Å²) < 4.78 is 11.1. The molecule has 1 aliphatic heterocycles. The standard InChI is InChI=1S/C22H24N4O4/c27-22(25-15-9-20(10-16-25)30-26-14-3-13-24-26)29-19-7-5-18(6-8-19)11-17-28-21-4-1-2-12-23-21/h1-8,12-14,20H,9-11,15-17H2. The van der Waals surface area contributed by atoms with E-state index < -0.39 is 0 Å². The number of benzene rings is 1. The van der Waals surface area contributed by atoms with Crippen molar-refractivity contribution in [2.45, 2.75) is 25.4 Å². The lowest BCUT2D eigenvalue weighted by Crippen LogP contribution is -2.44. The van der Waals surface area contributed by atoms with Crippen LogP contribution < -0.4 is 14.3 Å². The molecule has 30 heavy (non-hydrogen) atoms. The molecule has 1 saturated heterocycles. The van der Waals surface area contributed by atoms with Crippen LogP contribution in [0.3, 0.4) is 0 Å². The van der Waals surface area contributed by atoms with Gasteiger partial charge in [-0.15, -0.1) is 9.94 Å². The minimum Gasteiger partial charge on any atom is -0.477 e. The van der Waals surface area contributed by atoms with Crippen LogP contribution in [0.2, 0.25) is 0 Å². The molecule has 3 heterocycles. The van der Waals surface area contributed by atoms with Gasteiger partial charge >= 0.3 is 6.09 Å². The van der Waals surface area contributed by atoms with Crippen LogP contribution in [0.1, 0.15) is 18.4 Å². The van der Waals surface area contributed by atoms with E-state index in [1.807, 2.05) is 48.5 Å². The summed E-state index contributed by atoms with van der Waals surface area (Å²) in [6.45, 7) is 1.72. The van der Waals surface area contributed by atoms with E-state index in [4.69, 9.17) is 14.3 Å². The SMILES string of the molecule is O=C(Oc1ccc(CCOc2ccccn2)cc1)N1CCC(On2cccn2)CC1. The van der Waals surface area contributed by atoms with Gasteiger partial charge in [-0.1, -0.05) is 18.2 Å². The molecule has 0 saturated carbocycles. The third-order valence-electron chi connectivity index (χ3n) is 4.84. The molecule has 2 aromatic heterocycles. The van der Waals surface area contributed by atoms with Gasteiger partial charge in [-0.3, -0.25) is 0 Å². The number of piperidine rings is 1. The van der Waals surface area contributed by atoms with E-state index in [0.29, 0.717) is 31.3 Å². The Balaban J connectivity index is 1.19. The van der Waals surface area contributed by atoms with E-state index in [2.05, 4.69) is 10.1 Å². The summed E-state index contributed by atoms with van der Waals surface area (Å²) in [5.74, 6) is 1.14. The molecule has 1 fully saturated rings. The Kier molecular flexibility index (Phi) is 6.44. The number of ether oxygens (including phenoxy) is 2. The molecule has 1 amide bonds. The highest BCUT2D eigenvalue weighted by Crippen LogP contribution is 2.17. The van der Waals surface area contributed by atoms with Gasteiger partial charge in [-0.05, 0) is 29.8 Å². The first kappa shape index (κ1) is 19.8. The number of likely N-dealkylation sites (tertiary alicyclic amines) is 1. The van der Waals surface area contributed by atoms with Crippen LogP contribution in [-0.2, 0) is 6.42 Å². The number of aromatic nitrogens is 3. The van der Waals surface area contributed by atoms with Crippen molar-refractivity contribution in [1.29, 1.82) is 0 Å². The summed E-state index contributed by atoms with van der Waals surface area (Å²) in [6, 6.07) is 14.9. The molecule has 156 valence electrons. The maximum atomic E-state index is 12.4. The molecule has 4 rings (SSSR count). The van der Waals surface area contributed by atoms with Gasteiger partial charge in [0.1, 0.15) is 11.9 Å². The van der Waals surface area contributed by atoms with Crippen molar-refractivity contribution in [3.05, 3.63) is 72.7 Å². The first-order chi connectivity index (χ1) is 14.8. The number of pyridine rings is 1. The number of hydrogen-bond acceptors (Lipinski definition) is 6. The summed E-state index contributed by atoms with van der Waals surface area (Å²) in [4.78, 5) is 25.4. The van der Waals surface area contributed by atoms with Crippen LogP contribution >= 0.6 is 0 Å². The minimum atomic E-state index is -0.334. The van der Waals surface area contributed by atoms with Crippen molar-refractivity contribution in [2.24, 2.45) is 0 Å². The number of amides is 1. The molecule has 8 heteroatoms. The van der Waals surface area contributed by atoms with Gasteiger partial charge in [-0.2, -0.15) is 0 Å². The maximum Gasteiger partial charge on any atom is 0.415 e. The molecule has 1 aliphatic rings. The van der Waals surface area contributed by atoms with E-state index in [0.717, 1.165) is 24.8 Å². The molecule has 0 aliphatic carbocycles. The number of carbonyl (C=O) groups is 1. The largest absolute Gasteiger partial charge is 0.477 e. The van der Waals surface area contributed by atoms with Gasteiger partial charge < -0.3 is 19.2 Å². The lowest BCUT2D eigenvalue weighted by molar-refractivity contribution is -0.0162. The lowest BCUT2D eigenvalue weighted by Gasteiger charge is -2.30. The average molecular weight is 408 g/mol. The molecular weight excluding hydrogens is 384 g/mol. The molecule has 0 atom stereocenters. The van der Waals surface area contributed by atoms with Crippen molar-refractivity contribution in [3.63, 3.8) is 0 Å². The highest BCUT2D eigenvalue weighted by Gasteiger charge is 2.25. The molecule has 1 aromatic carbocycles. The monoisotopic (exact) mass is 408 g/mol. The highest BCUT2D eigenvalue weighted by molar-refractivity contribution is 5.70. The maximum absolute atomic E-state index is 12.4. The van der Waals surface area contributed by atoms with Crippen molar-refractivity contribution < 1.29 is 19.1 Å². The van der Waals surface area contributed by atoms with Crippen LogP contribution in [0.25, 0.3) is 0 Å². The fraction of sp³-hybridized carbons (Fsp3) is 0.318. The molecular formula is C22H24N4O4. The summed E-state index contributed by atoms with van der Waals surface area (Å²) in [5.41, 5.74) is 1.10. The topological polar surface area (TPSA) is 78.7 Å². The van der Waals surface area contributed by atoms with Crippen LogP contribution in [0.4, 0.5) is 4.79 Å². The first-order valence-corrected chi connectivity index (χ1v) is 10.0. The summed E-state index contributed by atoms with van der Waals surface area (Å²) in [7, 11) is 0. The van der Waals surface area contributed by atoms with Gasteiger partial charge in [0, 0.05) is 44.6 Å². The third-order valence-corrected chi connectivity index (χ3v) is 4.84. The molecule has 0 unspecified atom stereocenters. The zero-order valence-corrected chi connectivity index (χ0v) is 16.6. The normalized spacial score (nSPS) is 14.3. The van der Waals surface area contributed by atoms with Crippen LogP contribution in [-0.4, -0.2) is 51.7 Å². The van der Waals surface area contributed by atoms with Crippen molar-refractivity contribution >= 4 is 6.09 Å². The van der Waals surface area contributed by atoms with Gasteiger partial charge in [0.25, 0.3) is 0 Å². The van der Waals surface area contributed by atoms with Crippen LogP contribution in [0, 0.1) is 0 Å². The Morgan fingerprint density at radius 2 is 1.87 bits per heavy atom. The smallest absolute Gasteiger partial charge is 0.415 e. The quantitative estimate of drug-likeness (QED) is 0.598. The fourth-order valence-corrected chi connectivity index (χ4v) is 3.21. The highest BCUT2D eigenvalue weighted by atomic mass is 16.7. The fourth-order valence-electron chi connectivity index (χ4n) is 3.21. The zero-order chi connectivity index (χ0) is 20.6. The molecule has 0 bridgehead atoms. The number of carbonyl (C=O) groups excluding carboxylic acids is 1. The molecule has 0 radical (unpaired) electrons. The predicted molar refractivity (Wildman–Crippen MR) is 109 cm³/mol. The van der Waals surface area contributed by atoms with E-state index in [1.54, 1.807) is 23.5 Å². The third kappa shape index (κ3) is 5.50. The summed E-state index contributed by atoms with van der Waals surface area (Å²) in [5, 5.41) is 4.04. The molecule has 3 aromatic rings. The second-order valence-corrected chi connectivity index (χ2v) is 6.98. The Morgan fingerprint density at radius 1 is 1.03 bits per heavy atom. The Hall–Kier alpha value is -3.55. The Morgan fingerprint density at radius 3 is 2.57 bits per heavy atom. The number of nitrogens with zero attached hydrogens (tertiary/aromatic N) is 4. The zero-order valence-electron chi connectivity index (χ0n) is 16.6. The van der Waals surface area contributed by atoms with Crippen LogP contribution in [0.5, 0.6) is 11.6 Å². The van der Waals surface area contributed by atoms with Crippen LogP contribution in [0.15, 0.2) is 67.1 Å². The Labute approximate surface area is 175 Å². The molecule has 0 spiro atoms. The van der Waals surface area contributed by atoms with Gasteiger partial charge in [0.05, 0.1) is 19.0 Å². The second kappa shape index (κ2) is 9.78. The minimum absolute atomic E-state index is 0.0431. The van der Waals surface area contributed by atoms with Crippen molar-refractivity contribution in [2.75, 3.05) is 19.7 Å². The first-order valence-electron chi connectivity index (χ1n) is 10.0. The van der Waals surface area contributed by atoms with E-state index in [9.17, 15) is 4.79 Å². The van der Waals surface area contributed by atoms with Crippen molar-refractivity contribution in [1.82, 2.24) is 19.8 Å². The van der Waals surface area contributed by atoms with E-state index in [1.165, 1.54) is 4.85 Å². The van der Waals surface area contributed by atoms with Gasteiger partial charge in [0.2, 0.25) is 5.88 Å². The summed E-state index contributed by atoms with van der Waals surface area (Å²) in [6.07, 6.45) is 7.07. The van der Waals surface area contributed by atoms with Gasteiger partial charge in [-0.25, -0.2) is 9.78 Å². The average Bonchev–Trinajstić information content (AvgIpc) is 3.29. The molecule has 8 nitrogen and oxygen atoms in total. The lowest BCUT2D eigenvalue weighted by atomic mass is 10.1. The number of hydrogen-bond donors (Lipinski definition) is 0. The molecule has 0 N–H and O–H groups in total. The van der Waals surface area contributed by atoms with E-state index >= 15 is 0 Å². The van der Waals surface area contributed by atoms with Crippen molar-refractivity contribution in [3.8, 4) is 11.6 Å². The number of rotatable bonds is 7. The summed E-state index contributed by atoms with van der Waals surface area (Å²) >= 11 is 0. The van der Waals surface area contributed by atoms with E-state index in [-0.39, 0.29) is 12.2 Å². The second-order valence-electron chi connectivity index (χ2n) is 6.98. The van der Waals surface area contributed by atoms with Gasteiger partial charge in [0.15, 0.2) is 0 Å². The Bertz CT molecular complexity index is 908. The predicted octanol–water partition coefficient (Wildman–Crippen LogP) is 2.99.